The molecule has 2 N–H and O–H groups in total. The summed E-state index contributed by atoms with van der Waals surface area (Å²) in [6.45, 7) is 0.754. The minimum atomic E-state index is -0.887. The van der Waals surface area contributed by atoms with Crippen LogP contribution in [0, 0.1) is 0 Å². The van der Waals surface area contributed by atoms with Crippen molar-refractivity contribution in [2.24, 2.45) is 0 Å². The number of hydrogen-bond donors (Lipinski definition) is 2. The topological polar surface area (TPSA) is 58.6 Å². The number of carbonyl (C=O) groups is 1. The Morgan fingerprint density at radius 2 is 2.56 bits per heavy atom. The summed E-state index contributed by atoms with van der Waals surface area (Å²) in [6.07, 6.45) is 0.845. The van der Waals surface area contributed by atoms with E-state index in [4.69, 9.17) is 5.11 Å². The largest absolute Gasteiger partial charge is 0.479 e. The molecule has 52 valence electrons. The third-order valence-corrected chi connectivity index (χ3v) is 1.25. The van der Waals surface area contributed by atoms with Crippen molar-refractivity contribution in [1.29, 1.82) is 0 Å². The van der Waals surface area contributed by atoms with Gasteiger partial charge in [0, 0.05) is 6.54 Å². The van der Waals surface area contributed by atoms with Gasteiger partial charge >= 0.3 is 5.97 Å². The van der Waals surface area contributed by atoms with Gasteiger partial charge in [0.1, 0.15) is 0 Å². The highest BCUT2D eigenvalue weighted by Gasteiger charge is 2.20. The lowest BCUT2D eigenvalue weighted by molar-refractivity contribution is -0.160. The zero-order valence-electron chi connectivity index (χ0n) is 4.96. The SMILES string of the molecule is O=C(O)[C@H]1CCCNO1. The summed E-state index contributed by atoms with van der Waals surface area (Å²) >= 11 is 0. The molecule has 4 heteroatoms. The highest BCUT2D eigenvalue weighted by molar-refractivity contribution is 5.72. The molecule has 0 aromatic rings. The minimum absolute atomic E-state index is 0.613. The average Bonchev–Trinajstić information content (AvgIpc) is 1.90. The van der Waals surface area contributed by atoms with Gasteiger partial charge in [-0.2, -0.15) is 0 Å². The molecular weight excluding hydrogens is 122 g/mol. The van der Waals surface area contributed by atoms with Crippen molar-refractivity contribution in [3.63, 3.8) is 0 Å². The van der Waals surface area contributed by atoms with E-state index in [1.54, 1.807) is 0 Å². The molecule has 1 aliphatic heterocycles. The molecular formula is C5H9NO3. The molecule has 1 saturated heterocycles. The fraction of sp³-hybridized carbons (Fsp3) is 0.800. The van der Waals surface area contributed by atoms with Crippen molar-refractivity contribution in [3.05, 3.63) is 0 Å². The minimum Gasteiger partial charge on any atom is -0.479 e. The molecule has 4 nitrogen and oxygen atoms in total. The van der Waals surface area contributed by atoms with Gasteiger partial charge in [-0.05, 0) is 12.8 Å². The summed E-state index contributed by atoms with van der Waals surface area (Å²) in [5.74, 6) is -0.887. The van der Waals surface area contributed by atoms with Crippen LogP contribution in [0.15, 0.2) is 0 Å². The van der Waals surface area contributed by atoms with Crippen molar-refractivity contribution in [2.45, 2.75) is 18.9 Å². The van der Waals surface area contributed by atoms with Crippen molar-refractivity contribution >= 4 is 5.97 Å². The third-order valence-electron chi connectivity index (χ3n) is 1.25. The second-order valence-corrected chi connectivity index (χ2v) is 1.98. The van der Waals surface area contributed by atoms with E-state index in [0.29, 0.717) is 6.42 Å². The maximum Gasteiger partial charge on any atom is 0.334 e. The van der Waals surface area contributed by atoms with Gasteiger partial charge in [0.2, 0.25) is 0 Å². The fourth-order valence-corrected chi connectivity index (χ4v) is 0.752. The Hall–Kier alpha value is -0.610. The summed E-state index contributed by atoms with van der Waals surface area (Å²) in [6, 6.07) is 0. The van der Waals surface area contributed by atoms with E-state index >= 15 is 0 Å². The predicted octanol–water partition coefficient (Wildman–Crippen LogP) is -0.245. The molecule has 0 amide bonds. The van der Waals surface area contributed by atoms with Crippen LogP contribution in [-0.2, 0) is 9.63 Å². The van der Waals surface area contributed by atoms with Crippen molar-refractivity contribution < 1.29 is 14.7 Å². The Morgan fingerprint density at radius 1 is 1.78 bits per heavy atom. The van der Waals surface area contributed by atoms with Gasteiger partial charge in [-0.25, -0.2) is 10.3 Å². The number of nitrogens with one attached hydrogen (secondary N) is 1. The molecule has 0 aromatic carbocycles. The van der Waals surface area contributed by atoms with Crippen molar-refractivity contribution in [1.82, 2.24) is 5.48 Å². The lowest BCUT2D eigenvalue weighted by Crippen LogP contribution is -2.36. The molecule has 0 saturated carbocycles. The number of aliphatic carboxylic acids is 1. The first-order chi connectivity index (χ1) is 4.30. The molecule has 1 rings (SSSR count). The van der Waals surface area contributed by atoms with E-state index in [-0.39, 0.29) is 0 Å². The van der Waals surface area contributed by atoms with Crippen LogP contribution in [0.1, 0.15) is 12.8 Å². The maximum absolute atomic E-state index is 10.2. The number of carboxylic acid groups (broad SMARTS) is 1. The zero-order valence-corrected chi connectivity index (χ0v) is 4.96. The van der Waals surface area contributed by atoms with E-state index in [0.717, 1.165) is 13.0 Å². The molecule has 1 aliphatic rings. The van der Waals surface area contributed by atoms with Crippen LogP contribution in [0.25, 0.3) is 0 Å². The lowest BCUT2D eigenvalue weighted by atomic mass is 10.2. The molecule has 9 heavy (non-hydrogen) atoms. The van der Waals surface area contributed by atoms with Crippen LogP contribution >= 0.6 is 0 Å². The first-order valence-electron chi connectivity index (χ1n) is 2.92. The number of carboxylic acids is 1. The quantitative estimate of drug-likeness (QED) is 0.515. The third kappa shape index (κ3) is 1.65. The van der Waals surface area contributed by atoms with Gasteiger partial charge in [-0.1, -0.05) is 0 Å². The van der Waals surface area contributed by atoms with Crippen LogP contribution in [0.2, 0.25) is 0 Å². The highest BCUT2D eigenvalue weighted by Crippen LogP contribution is 2.04. The summed E-state index contributed by atoms with van der Waals surface area (Å²) in [5, 5.41) is 8.37. The summed E-state index contributed by atoms with van der Waals surface area (Å²) in [7, 11) is 0. The lowest BCUT2D eigenvalue weighted by Gasteiger charge is -2.18. The predicted molar refractivity (Wildman–Crippen MR) is 29.7 cm³/mol. The monoisotopic (exact) mass is 131 g/mol. The average molecular weight is 131 g/mol. The normalized spacial score (nSPS) is 27.8. The van der Waals surface area contributed by atoms with Gasteiger partial charge in [-0.3, -0.25) is 4.84 Å². The number of rotatable bonds is 1. The van der Waals surface area contributed by atoms with Crippen molar-refractivity contribution in [2.75, 3.05) is 6.54 Å². The highest BCUT2D eigenvalue weighted by atomic mass is 16.7. The first kappa shape index (κ1) is 6.51. The first-order valence-corrected chi connectivity index (χ1v) is 2.92. The Bertz CT molecular complexity index is 109. The van der Waals surface area contributed by atoms with Crippen LogP contribution in [0.4, 0.5) is 0 Å². The Morgan fingerprint density at radius 3 is 2.89 bits per heavy atom. The second-order valence-electron chi connectivity index (χ2n) is 1.98. The second kappa shape index (κ2) is 2.80. The van der Waals surface area contributed by atoms with Gasteiger partial charge in [0.25, 0.3) is 0 Å². The fourth-order valence-electron chi connectivity index (χ4n) is 0.752. The molecule has 0 spiro atoms. The van der Waals surface area contributed by atoms with Gasteiger partial charge in [0.05, 0.1) is 0 Å². The molecule has 1 atom stereocenters. The molecule has 0 aliphatic carbocycles. The van der Waals surface area contributed by atoms with Gasteiger partial charge in [-0.15, -0.1) is 0 Å². The van der Waals surface area contributed by atoms with E-state index < -0.39 is 12.1 Å². The molecule has 0 unspecified atom stereocenters. The summed E-state index contributed by atoms with van der Waals surface area (Å²) in [5.41, 5.74) is 2.54. The van der Waals surface area contributed by atoms with Crippen LogP contribution < -0.4 is 5.48 Å². The smallest absolute Gasteiger partial charge is 0.334 e. The van der Waals surface area contributed by atoms with Crippen molar-refractivity contribution in [3.8, 4) is 0 Å². The molecule has 1 heterocycles. The van der Waals surface area contributed by atoms with Crippen LogP contribution in [0.3, 0.4) is 0 Å². The Balaban J connectivity index is 2.31. The standard InChI is InChI=1S/C5H9NO3/c7-5(8)4-2-1-3-6-9-4/h4,6H,1-3H2,(H,7,8)/t4-/m1/s1. The molecule has 1 fully saturated rings. The van der Waals surface area contributed by atoms with E-state index in [1.807, 2.05) is 0 Å². The summed E-state index contributed by atoms with van der Waals surface area (Å²) in [4.78, 5) is 14.9. The maximum atomic E-state index is 10.2. The molecule has 0 radical (unpaired) electrons. The Kier molecular flexibility index (Phi) is 2.02. The van der Waals surface area contributed by atoms with E-state index in [9.17, 15) is 4.79 Å². The zero-order chi connectivity index (χ0) is 6.69. The van der Waals surface area contributed by atoms with Gasteiger partial charge in [0.15, 0.2) is 6.10 Å². The number of hydrogen-bond acceptors (Lipinski definition) is 3. The summed E-state index contributed by atoms with van der Waals surface area (Å²) < 4.78 is 0. The van der Waals surface area contributed by atoms with Crippen LogP contribution in [0.5, 0.6) is 0 Å². The van der Waals surface area contributed by atoms with Crippen LogP contribution in [-0.4, -0.2) is 23.7 Å². The molecule has 0 aromatic heterocycles. The van der Waals surface area contributed by atoms with E-state index in [2.05, 4.69) is 10.3 Å². The van der Waals surface area contributed by atoms with Gasteiger partial charge < -0.3 is 5.11 Å². The van der Waals surface area contributed by atoms with E-state index in [1.165, 1.54) is 0 Å². The Labute approximate surface area is 52.8 Å². The number of hydroxylamine groups is 1. The molecule has 0 bridgehead atoms.